The fourth-order valence-corrected chi connectivity index (χ4v) is 1.70. The van der Waals surface area contributed by atoms with Gasteiger partial charge in [-0.3, -0.25) is 4.98 Å². The van der Waals surface area contributed by atoms with Crippen LogP contribution in [0.1, 0.15) is 18.5 Å². The molecule has 0 radical (unpaired) electrons. The summed E-state index contributed by atoms with van der Waals surface area (Å²) in [5, 5.41) is 3.14. The van der Waals surface area contributed by atoms with Crippen molar-refractivity contribution in [2.75, 3.05) is 18.6 Å². The van der Waals surface area contributed by atoms with Crippen LogP contribution in [0.25, 0.3) is 0 Å². The average molecular weight is 228 g/mol. The predicted molar refractivity (Wildman–Crippen MR) is 60.4 cm³/mol. The minimum atomic E-state index is -2.88. The lowest BCUT2D eigenvalue weighted by molar-refractivity contribution is 0.575. The van der Waals surface area contributed by atoms with Crippen molar-refractivity contribution in [1.29, 1.82) is 0 Å². The molecule has 1 rings (SSSR count). The van der Waals surface area contributed by atoms with Crippen LogP contribution < -0.4 is 5.32 Å². The molecule has 0 aromatic carbocycles. The minimum Gasteiger partial charge on any atom is -0.309 e. The Hall–Kier alpha value is -0.940. The topological polar surface area (TPSA) is 59.1 Å². The highest BCUT2D eigenvalue weighted by atomic mass is 32.2. The lowest BCUT2D eigenvalue weighted by atomic mass is 10.1. The molecule has 1 atom stereocenters. The molecule has 0 aliphatic heterocycles. The van der Waals surface area contributed by atoms with Gasteiger partial charge in [0.1, 0.15) is 9.84 Å². The van der Waals surface area contributed by atoms with E-state index in [-0.39, 0.29) is 11.8 Å². The fraction of sp³-hybridized carbons (Fsp3) is 0.500. The molecular formula is C10H16N2O2S. The Balaban J connectivity index is 2.41. The second-order valence-electron chi connectivity index (χ2n) is 3.59. The van der Waals surface area contributed by atoms with Gasteiger partial charge in [0.15, 0.2) is 0 Å². The molecule has 0 aliphatic rings. The zero-order valence-corrected chi connectivity index (χ0v) is 9.79. The third-order valence-electron chi connectivity index (χ3n) is 2.11. The molecular weight excluding hydrogens is 212 g/mol. The number of aromatic nitrogens is 1. The van der Waals surface area contributed by atoms with E-state index in [0.717, 1.165) is 5.56 Å². The normalized spacial score (nSPS) is 13.7. The second kappa shape index (κ2) is 5.23. The maximum absolute atomic E-state index is 10.9. The maximum atomic E-state index is 10.9. The third kappa shape index (κ3) is 4.90. The van der Waals surface area contributed by atoms with E-state index in [1.165, 1.54) is 6.26 Å². The first kappa shape index (κ1) is 12.1. The summed E-state index contributed by atoms with van der Waals surface area (Å²) in [6.07, 6.45) is 4.73. The van der Waals surface area contributed by atoms with Crippen molar-refractivity contribution in [2.45, 2.75) is 13.0 Å². The molecule has 1 heterocycles. The highest BCUT2D eigenvalue weighted by Crippen LogP contribution is 2.08. The Morgan fingerprint density at radius 2 is 2.27 bits per heavy atom. The lowest BCUT2D eigenvalue weighted by Gasteiger charge is -2.12. The van der Waals surface area contributed by atoms with Crippen LogP contribution >= 0.6 is 0 Å². The highest BCUT2D eigenvalue weighted by molar-refractivity contribution is 7.90. The maximum Gasteiger partial charge on any atom is 0.148 e. The molecule has 0 saturated heterocycles. The first-order valence-electron chi connectivity index (χ1n) is 4.80. The minimum absolute atomic E-state index is 0.125. The summed E-state index contributed by atoms with van der Waals surface area (Å²) in [5.74, 6) is 0.164. The standard InChI is InChI=1S/C10H16N2O2S/c1-9(10-4-3-5-11-8-10)12-6-7-15(2,13)14/h3-5,8-9,12H,6-7H2,1-2H3/t9-/m1/s1. The molecule has 1 aromatic rings. The van der Waals surface area contributed by atoms with E-state index >= 15 is 0 Å². The average Bonchev–Trinajstić information content (AvgIpc) is 2.17. The van der Waals surface area contributed by atoms with Crippen LogP contribution in [0, 0.1) is 0 Å². The van der Waals surface area contributed by atoms with Crippen molar-refractivity contribution in [3.63, 3.8) is 0 Å². The number of nitrogens with one attached hydrogen (secondary N) is 1. The zero-order valence-electron chi connectivity index (χ0n) is 8.97. The second-order valence-corrected chi connectivity index (χ2v) is 5.85. The van der Waals surface area contributed by atoms with Crippen molar-refractivity contribution in [2.24, 2.45) is 0 Å². The smallest absolute Gasteiger partial charge is 0.148 e. The molecule has 4 nitrogen and oxygen atoms in total. The van der Waals surface area contributed by atoms with E-state index in [1.807, 2.05) is 19.1 Å². The number of hydrogen-bond acceptors (Lipinski definition) is 4. The summed E-state index contributed by atoms with van der Waals surface area (Å²) >= 11 is 0. The molecule has 0 fully saturated rings. The van der Waals surface area contributed by atoms with Crippen LogP contribution in [0.15, 0.2) is 24.5 Å². The van der Waals surface area contributed by atoms with Gasteiger partial charge in [-0.05, 0) is 18.6 Å². The summed E-state index contributed by atoms with van der Waals surface area (Å²) in [6.45, 7) is 2.45. The SMILES string of the molecule is C[C@@H](NCCS(C)(=O)=O)c1cccnc1. The van der Waals surface area contributed by atoms with Gasteiger partial charge in [-0.25, -0.2) is 8.42 Å². The molecule has 0 bridgehead atoms. The molecule has 15 heavy (non-hydrogen) atoms. The quantitative estimate of drug-likeness (QED) is 0.809. The van der Waals surface area contributed by atoms with Gasteiger partial charge in [-0.2, -0.15) is 0 Å². The van der Waals surface area contributed by atoms with Gasteiger partial charge in [0, 0.05) is 31.2 Å². The van der Waals surface area contributed by atoms with Crippen molar-refractivity contribution >= 4 is 9.84 Å². The van der Waals surface area contributed by atoms with Crippen LogP contribution in [-0.2, 0) is 9.84 Å². The van der Waals surface area contributed by atoms with E-state index in [0.29, 0.717) is 6.54 Å². The van der Waals surface area contributed by atoms with Gasteiger partial charge in [0.05, 0.1) is 5.75 Å². The lowest BCUT2D eigenvalue weighted by Crippen LogP contribution is -2.25. The number of sulfone groups is 1. The van der Waals surface area contributed by atoms with Crippen molar-refractivity contribution in [1.82, 2.24) is 10.3 Å². The zero-order chi connectivity index (χ0) is 11.3. The van der Waals surface area contributed by atoms with Crippen LogP contribution in [0.3, 0.4) is 0 Å². The van der Waals surface area contributed by atoms with Crippen LogP contribution in [0.5, 0.6) is 0 Å². The van der Waals surface area contributed by atoms with Crippen LogP contribution in [0.4, 0.5) is 0 Å². The fourth-order valence-electron chi connectivity index (χ4n) is 1.21. The Morgan fingerprint density at radius 1 is 1.53 bits per heavy atom. The highest BCUT2D eigenvalue weighted by Gasteiger charge is 2.06. The monoisotopic (exact) mass is 228 g/mol. The molecule has 0 amide bonds. The Kier molecular flexibility index (Phi) is 4.23. The van der Waals surface area contributed by atoms with Crippen molar-refractivity contribution in [3.05, 3.63) is 30.1 Å². The van der Waals surface area contributed by atoms with Crippen LogP contribution in [0.2, 0.25) is 0 Å². The molecule has 0 aliphatic carbocycles. The third-order valence-corrected chi connectivity index (χ3v) is 3.05. The molecule has 84 valence electrons. The number of rotatable bonds is 5. The van der Waals surface area contributed by atoms with Gasteiger partial charge in [0.2, 0.25) is 0 Å². The summed E-state index contributed by atoms with van der Waals surface area (Å²) in [6, 6.07) is 3.95. The van der Waals surface area contributed by atoms with Crippen molar-refractivity contribution < 1.29 is 8.42 Å². The van der Waals surface area contributed by atoms with E-state index in [1.54, 1.807) is 12.4 Å². The summed E-state index contributed by atoms with van der Waals surface area (Å²) in [4.78, 5) is 4.00. The Labute approximate surface area is 90.7 Å². The number of nitrogens with zero attached hydrogens (tertiary/aromatic N) is 1. The molecule has 0 unspecified atom stereocenters. The van der Waals surface area contributed by atoms with Gasteiger partial charge in [-0.1, -0.05) is 6.07 Å². The largest absolute Gasteiger partial charge is 0.309 e. The molecule has 5 heteroatoms. The molecule has 1 N–H and O–H groups in total. The van der Waals surface area contributed by atoms with Gasteiger partial charge >= 0.3 is 0 Å². The summed E-state index contributed by atoms with van der Waals surface area (Å²) in [7, 11) is -2.88. The molecule has 0 saturated carbocycles. The van der Waals surface area contributed by atoms with Crippen molar-refractivity contribution in [3.8, 4) is 0 Å². The van der Waals surface area contributed by atoms with Gasteiger partial charge < -0.3 is 5.32 Å². The van der Waals surface area contributed by atoms with Crippen LogP contribution in [-0.4, -0.2) is 32.0 Å². The number of pyridine rings is 1. The van der Waals surface area contributed by atoms with Gasteiger partial charge in [-0.15, -0.1) is 0 Å². The Bertz CT molecular complexity index is 389. The molecule has 1 aromatic heterocycles. The first-order valence-corrected chi connectivity index (χ1v) is 6.86. The summed E-state index contributed by atoms with van der Waals surface area (Å²) in [5.41, 5.74) is 1.06. The predicted octanol–water partition coefficient (Wildman–Crippen LogP) is 0.777. The van der Waals surface area contributed by atoms with E-state index in [2.05, 4.69) is 10.3 Å². The first-order chi connectivity index (χ1) is 6.99. The van der Waals surface area contributed by atoms with Gasteiger partial charge in [0.25, 0.3) is 0 Å². The van der Waals surface area contributed by atoms with E-state index < -0.39 is 9.84 Å². The van der Waals surface area contributed by atoms with E-state index in [4.69, 9.17) is 0 Å². The molecule has 0 spiro atoms. The Morgan fingerprint density at radius 3 is 2.80 bits per heavy atom. The van der Waals surface area contributed by atoms with E-state index in [9.17, 15) is 8.42 Å². The number of hydrogen-bond donors (Lipinski definition) is 1. The summed E-state index contributed by atoms with van der Waals surface area (Å²) < 4.78 is 21.8.